The molecule has 1 saturated carbocycles. The Morgan fingerprint density at radius 3 is 2.50 bits per heavy atom. The molecule has 2 aliphatic rings. The van der Waals surface area contributed by atoms with Crippen LogP contribution in [0, 0.1) is 11.7 Å². The third kappa shape index (κ3) is 7.25. The van der Waals surface area contributed by atoms with Gasteiger partial charge in [0.2, 0.25) is 0 Å². The lowest BCUT2D eigenvalue weighted by atomic mass is 9.85. The number of amides is 1. The van der Waals surface area contributed by atoms with Gasteiger partial charge in [0.1, 0.15) is 11.9 Å². The Kier molecular flexibility index (Phi) is 9.66. The fourth-order valence-electron chi connectivity index (χ4n) is 5.75. The molecule has 0 radical (unpaired) electrons. The number of esters is 1. The first kappa shape index (κ1) is 32.7. The molecule has 1 saturated heterocycles. The van der Waals surface area contributed by atoms with E-state index < -0.39 is 29.5 Å². The molecular formula is C34H37Cl2FN2O4S. The maximum Gasteiger partial charge on any atom is 0.339 e. The molecule has 10 heteroatoms. The van der Waals surface area contributed by atoms with Gasteiger partial charge < -0.3 is 14.4 Å². The van der Waals surface area contributed by atoms with E-state index in [-0.39, 0.29) is 28.1 Å². The Hall–Kier alpha value is -2.65. The molecule has 0 spiro atoms. The van der Waals surface area contributed by atoms with E-state index in [1.54, 1.807) is 31.2 Å². The smallest absolute Gasteiger partial charge is 0.339 e. The Bertz CT molecular complexity index is 1530. The topological polar surface area (TPSA) is 68.7 Å². The van der Waals surface area contributed by atoms with Gasteiger partial charge in [0.15, 0.2) is 5.60 Å². The normalized spacial score (nSPS) is 23.0. The van der Waals surface area contributed by atoms with Crippen molar-refractivity contribution in [2.45, 2.75) is 75.5 Å². The number of benzene rings is 2. The van der Waals surface area contributed by atoms with Crippen LogP contribution in [-0.4, -0.2) is 51.0 Å². The maximum atomic E-state index is 15.0. The summed E-state index contributed by atoms with van der Waals surface area (Å²) in [6.07, 6.45) is 2.95. The van der Waals surface area contributed by atoms with Crippen LogP contribution in [0.5, 0.6) is 0 Å². The van der Waals surface area contributed by atoms with E-state index in [4.69, 9.17) is 32.7 Å². The fraction of sp³-hybridized carbons (Fsp3) is 0.441. The minimum absolute atomic E-state index is 0.0102. The van der Waals surface area contributed by atoms with Crippen molar-refractivity contribution in [2.75, 3.05) is 12.9 Å². The van der Waals surface area contributed by atoms with Crippen LogP contribution in [0.4, 0.5) is 4.39 Å². The van der Waals surface area contributed by atoms with E-state index in [1.807, 2.05) is 34.9 Å². The zero-order valence-corrected chi connectivity index (χ0v) is 27.8. The summed E-state index contributed by atoms with van der Waals surface area (Å²) in [7, 11) is 1.31. The van der Waals surface area contributed by atoms with Gasteiger partial charge in [-0.05, 0) is 73.2 Å². The average Bonchev–Trinajstić information content (AvgIpc) is 3.82. The van der Waals surface area contributed by atoms with Gasteiger partial charge in [0.25, 0.3) is 5.91 Å². The van der Waals surface area contributed by atoms with Gasteiger partial charge in [-0.1, -0.05) is 62.2 Å². The summed E-state index contributed by atoms with van der Waals surface area (Å²) in [6.45, 7) is 8.28. The molecule has 2 aromatic carbocycles. The van der Waals surface area contributed by atoms with Crippen LogP contribution in [0.2, 0.25) is 10.0 Å². The van der Waals surface area contributed by atoms with Crippen molar-refractivity contribution in [1.82, 2.24) is 9.88 Å². The number of aromatic nitrogens is 1. The highest BCUT2D eigenvalue weighted by Crippen LogP contribution is 2.51. The first-order valence-corrected chi connectivity index (χ1v) is 16.4. The number of ether oxygens (including phenoxy) is 2. The van der Waals surface area contributed by atoms with Crippen molar-refractivity contribution in [3.05, 3.63) is 99.0 Å². The SMILES string of the molecule is COC(=O)c1ccc(C[C@@]2(C)O[C@H](c3cccc(Cl)c3)C(c3ccc(Cl)c(F)c3)N(C(CSC(C)(C)C)C3CC3)C2=O)nc1. The van der Waals surface area contributed by atoms with Crippen LogP contribution in [0.25, 0.3) is 0 Å². The predicted molar refractivity (Wildman–Crippen MR) is 173 cm³/mol. The highest BCUT2D eigenvalue weighted by atomic mass is 35.5. The summed E-state index contributed by atoms with van der Waals surface area (Å²) in [5, 5.41) is 0.537. The molecule has 1 aromatic heterocycles. The van der Waals surface area contributed by atoms with Crippen LogP contribution >= 0.6 is 35.0 Å². The second kappa shape index (κ2) is 13.0. The monoisotopic (exact) mass is 658 g/mol. The van der Waals surface area contributed by atoms with Crippen LogP contribution in [0.1, 0.15) is 79.9 Å². The van der Waals surface area contributed by atoms with E-state index in [1.165, 1.54) is 25.4 Å². The number of halogens is 3. The maximum absolute atomic E-state index is 15.0. The lowest BCUT2D eigenvalue weighted by Gasteiger charge is -2.52. The lowest BCUT2D eigenvalue weighted by Crippen LogP contribution is -2.62. The summed E-state index contributed by atoms with van der Waals surface area (Å²) < 4.78 is 26.7. The Balaban J connectivity index is 1.64. The molecule has 234 valence electrons. The summed E-state index contributed by atoms with van der Waals surface area (Å²) in [5.74, 6) is -0.211. The summed E-state index contributed by atoms with van der Waals surface area (Å²) in [4.78, 5) is 33.3. The van der Waals surface area contributed by atoms with Gasteiger partial charge in [-0.15, -0.1) is 0 Å². The molecule has 6 nitrogen and oxygen atoms in total. The van der Waals surface area contributed by atoms with Crippen LogP contribution in [0.15, 0.2) is 60.8 Å². The number of methoxy groups -OCH3 is 1. The second-order valence-corrected chi connectivity index (χ2v) is 15.4. The molecule has 2 heterocycles. The van der Waals surface area contributed by atoms with E-state index in [0.717, 1.165) is 24.2 Å². The van der Waals surface area contributed by atoms with Crippen molar-refractivity contribution in [1.29, 1.82) is 0 Å². The molecular weight excluding hydrogens is 622 g/mol. The Morgan fingerprint density at radius 1 is 1.16 bits per heavy atom. The van der Waals surface area contributed by atoms with E-state index in [9.17, 15) is 9.59 Å². The quantitative estimate of drug-likeness (QED) is 0.216. The Morgan fingerprint density at radius 2 is 1.91 bits per heavy atom. The summed E-state index contributed by atoms with van der Waals surface area (Å²) in [6, 6.07) is 14.7. The minimum atomic E-state index is -1.33. The largest absolute Gasteiger partial charge is 0.465 e. The van der Waals surface area contributed by atoms with E-state index >= 15 is 4.39 Å². The van der Waals surface area contributed by atoms with Crippen molar-refractivity contribution in [2.24, 2.45) is 5.92 Å². The number of hydrogen-bond donors (Lipinski definition) is 0. The van der Waals surface area contributed by atoms with Gasteiger partial charge in [0, 0.05) is 39.9 Å². The molecule has 1 aliphatic carbocycles. The molecule has 3 aromatic rings. The van der Waals surface area contributed by atoms with Crippen molar-refractivity contribution in [3.8, 4) is 0 Å². The van der Waals surface area contributed by atoms with Crippen molar-refractivity contribution >= 4 is 46.8 Å². The number of pyridine rings is 1. The molecule has 1 amide bonds. The average molecular weight is 660 g/mol. The molecule has 2 unspecified atom stereocenters. The van der Waals surface area contributed by atoms with Crippen molar-refractivity contribution in [3.63, 3.8) is 0 Å². The number of nitrogens with zero attached hydrogens (tertiary/aromatic N) is 2. The standard InChI is InChI=1S/C34H37Cl2FN2O4S/c1-33(2,3)44-19-28(20-9-10-20)39-29(21-12-14-26(36)27(37)16-21)30(22-7-6-8-24(35)15-22)43-34(4,32(39)41)17-25-13-11-23(18-38-25)31(40)42-5/h6-8,11-16,18,20,28-30H,9-10,17,19H2,1-5H3/t28?,29?,30-,34-/m1/s1. The molecule has 5 rings (SSSR count). The number of hydrogen-bond acceptors (Lipinski definition) is 6. The second-order valence-electron chi connectivity index (χ2n) is 12.7. The van der Waals surface area contributed by atoms with Gasteiger partial charge >= 0.3 is 5.97 Å². The third-order valence-electron chi connectivity index (χ3n) is 8.10. The molecule has 44 heavy (non-hydrogen) atoms. The first-order chi connectivity index (χ1) is 20.8. The van der Waals surface area contributed by atoms with Crippen LogP contribution in [0.3, 0.4) is 0 Å². The van der Waals surface area contributed by atoms with Crippen molar-refractivity contribution < 1.29 is 23.5 Å². The molecule has 2 fully saturated rings. The number of carbonyl (C=O) groups excluding carboxylic acids is 2. The van der Waals surface area contributed by atoms with Crippen LogP contribution in [-0.2, 0) is 20.7 Å². The first-order valence-electron chi connectivity index (χ1n) is 14.7. The summed E-state index contributed by atoms with van der Waals surface area (Å²) in [5.41, 5.74) is 0.941. The molecule has 4 atom stereocenters. The van der Waals surface area contributed by atoms with Gasteiger partial charge in [0.05, 0.1) is 23.7 Å². The predicted octanol–water partition coefficient (Wildman–Crippen LogP) is 8.27. The Labute approximate surface area is 272 Å². The van der Waals surface area contributed by atoms with Gasteiger partial charge in [-0.3, -0.25) is 9.78 Å². The molecule has 1 aliphatic heterocycles. The number of thioether (sulfide) groups is 1. The van der Waals surface area contributed by atoms with Gasteiger partial charge in [-0.2, -0.15) is 11.8 Å². The highest BCUT2D eigenvalue weighted by molar-refractivity contribution is 8.00. The zero-order chi connectivity index (χ0) is 31.8. The number of rotatable bonds is 9. The zero-order valence-electron chi connectivity index (χ0n) is 25.5. The minimum Gasteiger partial charge on any atom is -0.465 e. The van der Waals surface area contributed by atoms with E-state index in [2.05, 4.69) is 25.8 Å². The molecule has 0 bridgehead atoms. The number of carbonyl (C=O) groups is 2. The summed E-state index contributed by atoms with van der Waals surface area (Å²) >= 11 is 14.4. The lowest BCUT2D eigenvalue weighted by molar-refractivity contribution is -0.202. The third-order valence-corrected chi connectivity index (χ3v) is 10.0. The van der Waals surface area contributed by atoms with Gasteiger partial charge in [-0.25, -0.2) is 9.18 Å². The highest BCUT2D eigenvalue weighted by Gasteiger charge is 2.55. The molecule has 0 N–H and O–H groups in total. The number of morpholine rings is 1. The fourth-order valence-corrected chi connectivity index (χ4v) is 7.17. The van der Waals surface area contributed by atoms with Crippen LogP contribution < -0.4 is 0 Å². The van der Waals surface area contributed by atoms with E-state index in [0.29, 0.717) is 27.8 Å².